The molecule has 0 bridgehead atoms. The minimum Gasteiger partial charge on any atom is -0.286 e. The Kier molecular flexibility index (Phi) is 8.69. The Morgan fingerprint density at radius 1 is 0.848 bits per heavy atom. The molecule has 4 aromatic rings. The highest BCUT2D eigenvalue weighted by atomic mass is 35.5. The van der Waals surface area contributed by atoms with Crippen LogP contribution in [0, 0.1) is 0 Å². The van der Waals surface area contributed by atoms with Gasteiger partial charge in [-0.1, -0.05) is 120 Å². The maximum absolute atomic E-state index is 14.5. The molecule has 2 heterocycles. The molecular weight excluding hydrogens is 684 g/mol. The van der Waals surface area contributed by atoms with Crippen LogP contribution in [0.5, 0.6) is 0 Å². The monoisotopic (exact) mass is 708 g/mol. The van der Waals surface area contributed by atoms with Gasteiger partial charge in [-0.3, -0.25) is 19.4 Å². The summed E-state index contributed by atoms with van der Waals surface area (Å²) in [4.78, 5) is 7.31. The zero-order valence-electron chi connectivity index (χ0n) is 24.1. The van der Waals surface area contributed by atoms with Crippen LogP contribution in [-0.2, 0) is 30.3 Å². The number of hydrogen-bond donors (Lipinski definition) is 1. The number of nitrogens with zero attached hydrogens (tertiary/aromatic N) is 1. The lowest BCUT2D eigenvalue weighted by atomic mass is 9.82. The summed E-state index contributed by atoms with van der Waals surface area (Å²) in [6.07, 6.45) is -3.01. The third-order valence-corrected chi connectivity index (χ3v) is 9.87. The number of benzene rings is 4. The lowest BCUT2D eigenvalue weighted by Crippen LogP contribution is -2.62. The van der Waals surface area contributed by atoms with E-state index in [9.17, 15) is 21.6 Å². The maximum Gasteiger partial charge on any atom is 0.428 e. The van der Waals surface area contributed by atoms with Gasteiger partial charge in [0.1, 0.15) is 5.60 Å². The third-order valence-electron chi connectivity index (χ3n) is 8.05. The normalized spacial score (nSPS) is 19.9. The number of hydroxylamine groups is 1. The lowest BCUT2D eigenvalue weighted by Gasteiger charge is -2.52. The van der Waals surface area contributed by atoms with Crippen molar-refractivity contribution in [3.63, 3.8) is 0 Å². The highest BCUT2D eigenvalue weighted by Crippen LogP contribution is 2.50. The van der Waals surface area contributed by atoms with Gasteiger partial charge < -0.3 is 0 Å². The van der Waals surface area contributed by atoms with E-state index in [2.05, 4.69) is 10.4 Å². The molecule has 1 atom stereocenters. The van der Waals surface area contributed by atoms with Crippen molar-refractivity contribution in [3.05, 3.63) is 146 Å². The van der Waals surface area contributed by atoms with Gasteiger partial charge in [0, 0.05) is 18.7 Å². The zero-order valence-corrected chi connectivity index (χ0v) is 27.1. The summed E-state index contributed by atoms with van der Waals surface area (Å²) in [6, 6.07) is 28.1. The molecule has 0 spiro atoms. The predicted molar refractivity (Wildman–Crippen MR) is 172 cm³/mol. The fourth-order valence-electron chi connectivity index (χ4n) is 5.96. The molecule has 0 radical (unpaired) electrons. The Bertz CT molecular complexity index is 1820. The minimum atomic E-state index is -4.90. The van der Waals surface area contributed by atoms with Gasteiger partial charge in [-0.25, -0.2) is 0 Å². The molecule has 6 nitrogen and oxygen atoms in total. The minimum absolute atomic E-state index is 0.0348. The standard InChI is InChI=1S/C33H26Cl3F3N2O4S/c1-46(42,43)45-31(19-41(20-31)30(22-8-4-2-5-9-22)23-10-6-3-7-11-23)24-14-12-21(13-15-24)28-18-32(44-40-28,33(37,38)39)25-16-26(34)29(36)27(35)17-25/h2-18,30,40H,19-20H2,1H3. The van der Waals surface area contributed by atoms with E-state index in [0.717, 1.165) is 35.6 Å². The van der Waals surface area contributed by atoms with Crippen LogP contribution >= 0.6 is 34.8 Å². The topological polar surface area (TPSA) is 67.9 Å². The van der Waals surface area contributed by atoms with E-state index in [1.165, 1.54) is 0 Å². The summed E-state index contributed by atoms with van der Waals surface area (Å²) >= 11 is 18.1. The van der Waals surface area contributed by atoms with Crippen molar-refractivity contribution >= 4 is 50.6 Å². The Morgan fingerprint density at radius 3 is 1.85 bits per heavy atom. The van der Waals surface area contributed by atoms with Gasteiger partial charge in [-0.05, 0) is 40.5 Å². The Labute approximate surface area is 279 Å². The smallest absolute Gasteiger partial charge is 0.286 e. The van der Waals surface area contributed by atoms with E-state index in [0.29, 0.717) is 11.1 Å². The average Bonchev–Trinajstić information content (AvgIpc) is 3.46. The summed E-state index contributed by atoms with van der Waals surface area (Å²) < 4.78 is 74.2. The molecule has 0 amide bonds. The van der Waals surface area contributed by atoms with Crippen LogP contribution in [0.1, 0.15) is 33.9 Å². The van der Waals surface area contributed by atoms with Crippen LogP contribution in [0.2, 0.25) is 15.1 Å². The Hall–Kier alpha value is -3.09. The van der Waals surface area contributed by atoms with Crippen molar-refractivity contribution < 1.29 is 30.6 Å². The molecule has 2 aliphatic heterocycles. The van der Waals surface area contributed by atoms with E-state index in [1.807, 2.05) is 60.7 Å². The Morgan fingerprint density at radius 2 is 1.37 bits per heavy atom. The van der Waals surface area contributed by atoms with E-state index in [1.54, 1.807) is 24.3 Å². The van der Waals surface area contributed by atoms with Gasteiger partial charge in [0.2, 0.25) is 5.60 Å². The van der Waals surface area contributed by atoms with Crippen LogP contribution in [0.3, 0.4) is 0 Å². The predicted octanol–water partition coefficient (Wildman–Crippen LogP) is 8.26. The molecule has 1 N–H and O–H groups in total. The fraction of sp³-hybridized carbons (Fsp3) is 0.212. The molecule has 0 aromatic heterocycles. The molecule has 1 fully saturated rings. The first-order valence-corrected chi connectivity index (χ1v) is 16.9. The molecule has 0 saturated carbocycles. The Balaban J connectivity index is 1.32. The first-order chi connectivity index (χ1) is 21.7. The fourth-order valence-corrected chi connectivity index (χ4v) is 7.34. The summed E-state index contributed by atoms with van der Waals surface area (Å²) in [5.74, 6) is 0. The number of halogens is 6. The second kappa shape index (κ2) is 12.2. The number of hydrogen-bond acceptors (Lipinski definition) is 6. The van der Waals surface area contributed by atoms with E-state index in [-0.39, 0.29) is 45.5 Å². The van der Waals surface area contributed by atoms with Crippen LogP contribution in [0.4, 0.5) is 13.2 Å². The number of rotatable bonds is 8. The van der Waals surface area contributed by atoms with Crippen LogP contribution in [0.25, 0.3) is 5.70 Å². The molecule has 4 aromatic carbocycles. The summed E-state index contributed by atoms with van der Waals surface area (Å²) in [5, 5.41) is -0.390. The van der Waals surface area contributed by atoms with Gasteiger partial charge in [-0.15, -0.1) is 0 Å². The molecule has 13 heteroatoms. The molecule has 2 aliphatic rings. The van der Waals surface area contributed by atoms with E-state index >= 15 is 0 Å². The summed E-state index contributed by atoms with van der Waals surface area (Å²) in [6.45, 7) is 0.487. The van der Waals surface area contributed by atoms with Crippen molar-refractivity contribution in [2.75, 3.05) is 19.3 Å². The number of alkyl halides is 3. The average molecular weight is 710 g/mol. The molecule has 0 aliphatic carbocycles. The third kappa shape index (κ3) is 6.15. The molecule has 46 heavy (non-hydrogen) atoms. The second-order valence-corrected chi connectivity index (χ2v) is 14.0. The summed E-state index contributed by atoms with van der Waals surface area (Å²) in [7, 11) is -3.89. The van der Waals surface area contributed by atoms with Gasteiger partial charge in [0.15, 0.2) is 0 Å². The molecule has 1 saturated heterocycles. The van der Waals surface area contributed by atoms with Crippen molar-refractivity contribution in [1.29, 1.82) is 0 Å². The first kappa shape index (κ1) is 32.8. The van der Waals surface area contributed by atoms with Gasteiger partial charge >= 0.3 is 6.18 Å². The largest absolute Gasteiger partial charge is 0.428 e. The molecule has 240 valence electrons. The van der Waals surface area contributed by atoms with Crippen molar-refractivity contribution in [2.45, 2.75) is 23.4 Å². The van der Waals surface area contributed by atoms with Crippen molar-refractivity contribution in [2.24, 2.45) is 0 Å². The maximum atomic E-state index is 14.5. The SMILES string of the molecule is CS(=O)(=O)OC1(c2ccc(C3=CC(c4cc(Cl)c(Cl)c(Cl)c4)(C(F)(F)F)ON3)cc2)CN(C(c2ccccc2)c2ccccc2)C1. The van der Waals surface area contributed by atoms with Gasteiger partial charge in [-0.2, -0.15) is 21.6 Å². The summed E-state index contributed by atoms with van der Waals surface area (Å²) in [5.41, 5.74) is 0.927. The lowest BCUT2D eigenvalue weighted by molar-refractivity contribution is -0.269. The quantitative estimate of drug-likeness (QED) is 0.147. The molecule has 6 rings (SSSR count). The van der Waals surface area contributed by atoms with E-state index < -0.39 is 27.5 Å². The number of likely N-dealkylation sites (tertiary alicyclic amines) is 1. The second-order valence-electron chi connectivity index (χ2n) is 11.2. The van der Waals surface area contributed by atoms with E-state index in [4.69, 9.17) is 43.8 Å². The van der Waals surface area contributed by atoms with Crippen LogP contribution < -0.4 is 5.48 Å². The van der Waals surface area contributed by atoms with Crippen molar-refractivity contribution in [3.8, 4) is 0 Å². The zero-order chi connectivity index (χ0) is 32.9. The molecular formula is C33H26Cl3F3N2O4S. The number of nitrogens with one attached hydrogen (secondary N) is 1. The highest BCUT2D eigenvalue weighted by molar-refractivity contribution is 7.86. The van der Waals surface area contributed by atoms with Gasteiger partial charge in [0.05, 0.1) is 33.1 Å². The van der Waals surface area contributed by atoms with Crippen molar-refractivity contribution in [1.82, 2.24) is 10.4 Å². The molecule has 1 unspecified atom stereocenters. The van der Waals surface area contributed by atoms with Gasteiger partial charge in [0.25, 0.3) is 10.1 Å². The van der Waals surface area contributed by atoms with Crippen LogP contribution in [0.15, 0.2) is 103 Å². The first-order valence-electron chi connectivity index (χ1n) is 14.0. The van der Waals surface area contributed by atoms with Crippen LogP contribution in [-0.4, -0.2) is 38.8 Å². The highest BCUT2D eigenvalue weighted by Gasteiger charge is 2.60.